The molecule has 0 saturated heterocycles. The molecule has 0 aliphatic heterocycles. The van der Waals surface area contributed by atoms with E-state index in [9.17, 15) is 0 Å². The summed E-state index contributed by atoms with van der Waals surface area (Å²) in [7, 11) is 0. The fourth-order valence-electron chi connectivity index (χ4n) is 9.53. The predicted octanol–water partition coefficient (Wildman–Crippen LogP) is 15.1. The van der Waals surface area contributed by atoms with Gasteiger partial charge in [0.25, 0.3) is 0 Å². The van der Waals surface area contributed by atoms with Gasteiger partial charge in [0.1, 0.15) is 0 Å². The predicted molar refractivity (Wildman–Crippen MR) is 263 cm³/mol. The summed E-state index contributed by atoms with van der Waals surface area (Å²) in [6.07, 6.45) is 0. The third kappa shape index (κ3) is 5.66. The molecule has 0 N–H and O–H groups in total. The standard InChI is InChI=1S/C57H35N5S/c1-5-16-36(17-6-1)39-28-32-49-47(34-39)42-24-13-14-27-48(42)61(49)41-29-30-43-44-31-33-51-52(53(44)62(50(43)35-41)40-22-11-4-12-23-40)45-25-15-26-46(54(45)63-51)57-59-55(37-18-7-2-8-19-37)58-56(60-57)38-20-9-3-10-21-38/h1-35H. The molecule has 294 valence electrons. The molecule has 0 aliphatic rings. The lowest BCUT2D eigenvalue weighted by Crippen LogP contribution is -2.00. The lowest BCUT2D eigenvalue weighted by Gasteiger charge is -2.12. The van der Waals surface area contributed by atoms with Crippen LogP contribution in [0, 0.1) is 0 Å². The van der Waals surface area contributed by atoms with E-state index in [0.29, 0.717) is 17.5 Å². The Bertz CT molecular complexity index is 3830. The quantitative estimate of drug-likeness (QED) is 0.168. The van der Waals surface area contributed by atoms with Gasteiger partial charge in [0, 0.05) is 69.8 Å². The second kappa shape index (κ2) is 14.2. The Balaban J connectivity index is 1.06. The van der Waals surface area contributed by atoms with E-state index in [1.807, 2.05) is 36.4 Å². The maximum Gasteiger partial charge on any atom is 0.165 e. The number of hydrogen-bond acceptors (Lipinski definition) is 4. The maximum absolute atomic E-state index is 5.16. The van der Waals surface area contributed by atoms with Gasteiger partial charge in [-0.15, -0.1) is 11.3 Å². The molecular formula is C57H35N5S. The van der Waals surface area contributed by atoms with Crippen molar-refractivity contribution >= 4 is 75.1 Å². The summed E-state index contributed by atoms with van der Waals surface area (Å²) in [4.78, 5) is 15.3. The van der Waals surface area contributed by atoms with Crippen molar-refractivity contribution in [3.8, 4) is 56.7 Å². The van der Waals surface area contributed by atoms with Gasteiger partial charge >= 0.3 is 0 Å². The molecular weight excluding hydrogens is 787 g/mol. The summed E-state index contributed by atoms with van der Waals surface area (Å²) in [5.74, 6) is 1.96. The number of fused-ring (bicyclic) bond motifs is 10. The number of rotatable bonds is 6. The van der Waals surface area contributed by atoms with Crippen molar-refractivity contribution in [1.29, 1.82) is 0 Å². The highest BCUT2D eigenvalue weighted by Crippen LogP contribution is 2.46. The second-order valence-electron chi connectivity index (χ2n) is 16.0. The van der Waals surface area contributed by atoms with Gasteiger partial charge in [0.05, 0.1) is 22.1 Å². The van der Waals surface area contributed by atoms with E-state index in [-0.39, 0.29) is 0 Å². The minimum atomic E-state index is 0.653. The molecule has 0 fully saturated rings. The zero-order chi connectivity index (χ0) is 41.4. The Morgan fingerprint density at radius 3 is 1.65 bits per heavy atom. The van der Waals surface area contributed by atoms with E-state index in [1.165, 1.54) is 64.7 Å². The molecule has 0 bridgehead atoms. The number of para-hydroxylation sites is 2. The monoisotopic (exact) mass is 821 g/mol. The molecule has 0 amide bonds. The van der Waals surface area contributed by atoms with Crippen LogP contribution < -0.4 is 0 Å². The fourth-order valence-corrected chi connectivity index (χ4v) is 10.7. The van der Waals surface area contributed by atoms with Gasteiger partial charge in [-0.1, -0.05) is 158 Å². The highest BCUT2D eigenvalue weighted by molar-refractivity contribution is 7.26. The van der Waals surface area contributed by atoms with Gasteiger partial charge in [-0.3, -0.25) is 0 Å². The van der Waals surface area contributed by atoms with E-state index in [4.69, 9.17) is 15.0 Å². The van der Waals surface area contributed by atoms with Gasteiger partial charge in [-0.25, -0.2) is 15.0 Å². The molecule has 0 spiro atoms. The zero-order valence-corrected chi connectivity index (χ0v) is 34.7. The first-order chi connectivity index (χ1) is 31.2. The molecule has 13 rings (SSSR count). The summed E-state index contributed by atoms with van der Waals surface area (Å²) < 4.78 is 7.26. The highest BCUT2D eigenvalue weighted by Gasteiger charge is 2.22. The molecule has 0 atom stereocenters. The van der Waals surface area contributed by atoms with Gasteiger partial charge < -0.3 is 9.13 Å². The number of thiophene rings is 1. The minimum absolute atomic E-state index is 0.653. The average Bonchev–Trinajstić information content (AvgIpc) is 4.02. The molecule has 0 unspecified atom stereocenters. The number of aromatic nitrogens is 5. The van der Waals surface area contributed by atoms with E-state index in [1.54, 1.807) is 11.3 Å². The molecule has 0 saturated carbocycles. The van der Waals surface area contributed by atoms with Crippen LogP contribution in [0.2, 0.25) is 0 Å². The lowest BCUT2D eigenvalue weighted by molar-refractivity contribution is 1.08. The summed E-state index contributed by atoms with van der Waals surface area (Å²) >= 11 is 1.80. The van der Waals surface area contributed by atoms with E-state index in [2.05, 4.69) is 185 Å². The molecule has 0 aliphatic carbocycles. The average molecular weight is 822 g/mol. The van der Waals surface area contributed by atoms with Crippen LogP contribution in [0.15, 0.2) is 212 Å². The summed E-state index contributed by atoms with van der Waals surface area (Å²) in [6.45, 7) is 0. The van der Waals surface area contributed by atoms with Crippen molar-refractivity contribution < 1.29 is 0 Å². The Hall–Kier alpha value is -8.19. The van der Waals surface area contributed by atoms with Crippen LogP contribution >= 0.6 is 11.3 Å². The Morgan fingerprint density at radius 2 is 0.921 bits per heavy atom. The molecule has 5 nitrogen and oxygen atoms in total. The normalized spacial score (nSPS) is 11.8. The fraction of sp³-hybridized carbons (Fsp3) is 0. The van der Waals surface area contributed by atoms with Crippen molar-refractivity contribution in [3.05, 3.63) is 212 Å². The van der Waals surface area contributed by atoms with Crippen LogP contribution in [0.5, 0.6) is 0 Å². The van der Waals surface area contributed by atoms with Crippen LogP contribution in [0.4, 0.5) is 0 Å². The minimum Gasteiger partial charge on any atom is -0.309 e. The number of hydrogen-bond donors (Lipinski definition) is 0. The van der Waals surface area contributed by atoms with Crippen LogP contribution in [0.1, 0.15) is 0 Å². The first kappa shape index (κ1) is 35.6. The smallest absolute Gasteiger partial charge is 0.165 e. The van der Waals surface area contributed by atoms with Crippen LogP contribution in [-0.2, 0) is 0 Å². The van der Waals surface area contributed by atoms with Crippen LogP contribution in [0.3, 0.4) is 0 Å². The van der Waals surface area contributed by atoms with E-state index < -0.39 is 0 Å². The topological polar surface area (TPSA) is 48.5 Å². The summed E-state index contributed by atoms with van der Waals surface area (Å²) in [6, 6.07) is 75.6. The van der Waals surface area contributed by atoms with Gasteiger partial charge in [0.2, 0.25) is 0 Å². The molecule has 4 aromatic heterocycles. The largest absolute Gasteiger partial charge is 0.309 e. The molecule has 4 heterocycles. The Kier molecular flexibility index (Phi) is 8.01. The third-order valence-electron chi connectivity index (χ3n) is 12.4. The van der Waals surface area contributed by atoms with Crippen molar-refractivity contribution in [2.24, 2.45) is 0 Å². The van der Waals surface area contributed by atoms with Crippen LogP contribution in [-0.4, -0.2) is 24.1 Å². The number of benzene rings is 9. The SMILES string of the molecule is c1ccc(-c2ccc3c(c2)c2ccccc2n3-c2ccc3c4ccc5sc6c(-c7nc(-c8ccccc8)nc(-c8ccccc8)n7)cccc6c5c4n(-c4ccccc4)c3c2)cc1. The number of nitrogens with zero attached hydrogens (tertiary/aromatic N) is 5. The van der Waals surface area contributed by atoms with Crippen LogP contribution in [0.25, 0.3) is 120 Å². The third-order valence-corrected chi connectivity index (χ3v) is 13.6. The lowest BCUT2D eigenvalue weighted by atomic mass is 10.0. The van der Waals surface area contributed by atoms with Crippen molar-refractivity contribution in [2.45, 2.75) is 0 Å². The van der Waals surface area contributed by atoms with Gasteiger partial charge in [0.15, 0.2) is 17.5 Å². The molecule has 0 radical (unpaired) electrons. The molecule has 63 heavy (non-hydrogen) atoms. The summed E-state index contributed by atoms with van der Waals surface area (Å²) in [5.41, 5.74) is 12.3. The molecule has 13 aromatic rings. The van der Waals surface area contributed by atoms with Gasteiger partial charge in [-0.05, 0) is 65.7 Å². The molecule has 9 aromatic carbocycles. The second-order valence-corrected chi connectivity index (χ2v) is 17.0. The first-order valence-corrected chi connectivity index (χ1v) is 22.0. The first-order valence-electron chi connectivity index (χ1n) is 21.2. The zero-order valence-electron chi connectivity index (χ0n) is 33.9. The highest BCUT2D eigenvalue weighted by atomic mass is 32.1. The van der Waals surface area contributed by atoms with E-state index in [0.717, 1.165) is 38.3 Å². The maximum atomic E-state index is 5.16. The van der Waals surface area contributed by atoms with Gasteiger partial charge in [-0.2, -0.15) is 0 Å². The van der Waals surface area contributed by atoms with Crippen molar-refractivity contribution in [2.75, 3.05) is 0 Å². The van der Waals surface area contributed by atoms with Crippen molar-refractivity contribution in [3.63, 3.8) is 0 Å². The van der Waals surface area contributed by atoms with Crippen molar-refractivity contribution in [1.82, 2.24) is 24.1 Å². The Labute approximate surface area is 366 Å². The molecule has 6 heteroatoms. The van der Waals surface area contributed by atoms with E-state index >= 15 is 0 Å². The Morgan fingerprint density at radius 1 is 0.333 bits per heavy atom. The summed E-state index contributed by atoms with van der Waals surface area (Å²) in [5, 5.41) is 7.30.